The Morgan fingerprint density at radius 3 is 2.63 bits per heavy atom. The minimum absolute atomic E-state index is 0.0690. The zero-order valence-corrected chi connectivity index (χ0v) is 10.5. The van der Waals surface area contributed by atoms with Gasteiger partial charge in [-0.15, -0.1) is 0 Å². The SMILES string of the molecule is Cc1ccc(-c2cc(CCC(=O)O)c(=O)[nH]n2)cc1. The molecule has 5 heteroatoms. The van der Waals surface area contributed by atoms with E-state index in [2.05, 4.69) is 10.2 Å². The third kappa shape index (κ3) is 3.28. The van der Waals surface area contributed by atoms with Crippen molar-refractivity contribution in [3.05, 3.63) is 51.8 Å². The van der Waals surface area contributed by atoms with E-state index in [-0.39, 0.29) is 18.4 Å². The Kier molecular flexibility index (Phi) is 3.75. The lowest BCUT2D eigenvalue weighted by Crippen LogP contribution is -2.15. The van der Waals surface area contributed by atoms with Gasteiger partial charge in [0.05, 0.1) is 5.69 Å². The zero-order valence-electron chi connectivity index (χ0n) is 10.5. The number of hydrogen-bond acceptors (Lipinski definition) is 3. The van der Waals surface area contributed by atoms with Gasteiger partial charge in [-0.05, 0) is 19.4 Å². The largest absolute Gasteiger partial charge is 0.481 e. The van der Waals surface area contributed by atoms with E-state index in [0.29, 0.717) is 11.3 Å². The van der Waals surface area contributed by atoms with Crippen LogP contribution in [0.5, 0.6) is 0 Å². The molecule has 0 fully saturated rings. The van der Waals surface area contributed by atoms with Crippen LogP contribution in [0.2, 0.25) is 0 Å². The average Bonchev–Trinajstić information content (AvgIpc) is 2.39. The van der Waals surface area contributed by atoms with Crippen molar-refractivity contribution in [1.82, 2.24) is 10.2 Å². The number of aliphatic carboxylic acids is 1. The lowest BCUT2D eigenvalue weighted by atomic mass is 10.1. The molecule has 0 bridgehead atoms. The molecule has 0 saturated heterocycles. The lowest BCUT2D eigenvalue weighted by molar-refractivity contribution is -0.136. The number of rotatable bonds is 4. The van der Waals surface area contributed by atoms with E-state index in [4.69, 9.17) is 5.11 Å². The molecule has 0 aliphatic rings. The van der Waals surface area contributed by atoms with Crippen molar-refractivity contribution in [3.63, 3.8) is 0 Å². The number of hydrogen-bond donors (Lipinski definition) is 2. The summed E-state index contributed by atoms with van der Waals surface area (Å²) >= 11 is 0. The summed E-state index contributed by atoms with van der Waals surface area (Å²) in [6, 6.07) is 9.39. The van der Waals surface area contributed by atoms with Crippen LogP contribution in [0, 0.1) is 6.92 Å². The summed E-state index contributed by atoms with van der Waals surface area (Å²) < 4.78 is 0. The molecule has 0 atom stereocenters. The molecule has 2 N–H and O–H groups in total. The molecule has 0 spiro atoms. The van der Waals surface area contributed by atoms with E-state index >= 15 is 0 Å². The van der Waals surface area contributed by atoms with Gasteiger partial charge in [-0.25, -0.2) is 5.10 Å². The van der Waals surface area contributed by atoms with Crippen molar-refractivity contribution in [2.24, 2.45) is 0 Å². The first-order valence-corrected chi connectivity index (χ1v) is 5.93. The summed E-state index contributed by atoms with van der Waals surface area (Å²) in [6.45, 7) is 1.99. The van der Waals surface area contributed by atoms with Crippen LogP contribution in [0.4, 0.5) is 0 Å². The smallest absolute Gasteiger partial charge is 0.303 e. The van der Waals surface area contributed by atoms with Gasteiger partial charge < -0.3 is 5.11 Å². The van der Waals surface area contributed by atoms with E-state index in [0.717, 1.165) is 11.1 Å². The fourth-order valence-electron chi connectivity index (χ4n) is 1.75. The number of nitrogens with one attached hydrogen (secondary N) is 1. The Balaban J connectivity index is 2.32. The average molecular weight is 258 g/mol. The third-order valence-electron chi connectivity index (χ3n) is 2.84. The maximum atomic E-state index is 11.6. The van der Waals surface area contributed by atoms with Crippen molar-refractivity contribution in [3.8, 4) is 11.3 Å². The van der Waals surface area contributed by atoms with Crippen molar-refractivity contribution in [1.29, 1.82) is 0 Å². The molecule has 0 radical (unpaired) electrons. The molecular formula is C14H14N2O3. The molecule has 0 aliphatic heterocycles. The fraction of sp³-hybridized carbons (Fsp3) is 0.214. The van der Waals surface area contributed by atoms with E-state index < -0.39 is 5.97 Å². The second-order valence-corrected chi connectivity index (χ2v) is 4.37. The Hall–Kier alpha value is -2.43. The predicted octanol–water partition coefficient (Wildman–Crippen LogP) is 1.76. The normalized spacial score (nSPS) is 10.4. The minimum atomic E-state index is -0.923. The summed E-state index contributed by atoms with van der Waals surface area (Å²) in [5, 5.41) is 15.0. The number of aromatic amines is 1. The number of aromatic nitrogens is 2. The highest BCUT2D eigenvalue weighted by molar-refractivity contribution is 5.67. The van der Waals surface area contributed by atoms with E-state index in [1.54, 1.807) is 6.07 Å². The molecule has 5 nitrogen and oxygen atoms in total. The summed E-state index contributed by atoms with van der Waals surface area (Å²) in [5.41, 5.74) is 2.77. The number of nitrogens with zero attached hydrogens (tertiary/aromatic N) is 1. The third-order valence-corrected chi connectivity index (χ3v) is 2.84. The molecule has 0 amide bonds. The number of aryl methyl sites for hydroxylation is 2. The maximum absolute atomic E-state index is 11.6. The van der Waals surface area contributed by atoms with Gasteiger partial charge in [-0.1, -0.05) is 29.8 Å². The molecule has 0 unspecified atom stereocenters. The first-order valence-electron chi connectivity index (χ1n) is 5.93. The molecule has 98 valence electrons. The molecule has 19 heavy (non-hydrogen) atoms. The van der Waals surface area contributed by atoms with Crippen molar-refractivity contribution >= 4 is 5.97 Å². The molecule has 1 aromatic carbocycles. The van der Waals surface area contributed by atoms with Crippen LogP contribution < -0.4 is 5.56 Å². The summed E-state index contributed by atoms with van der Waals surface area (Å²) in [5.74, 6) is -0.923. The monoisotopic (exact) mass is 258 g/mol. The molecular weight excluding hydrogens is 244 g/mol. The topological polar surface area (TPSA) is 83.0 Å². The van der Waals surface area contributed by atoms with Crippen LogP contribution in [0.3, 0.4) is 0 Å². The maximum Gasteiger partial charge on any atom is 0.303 e. The van der Waals surface area contributed by atoms with Gasteiger partial charge in [0.25, 0.3) is 5.56 Å². The van der Waals surface area contributed by atoms with Crippen LogP contribution in [0.15, 0.2) is 35.1 Å². The second-order valence-electron chi connectivity index (χ2n) is 4.37. The number of benzene rings is 1. The van der Waals surface area contributed by atoms with E-state index in [1.165, 1.54) is 0 Å². The minimum Gasteiger partial charge on any atom is -0.481 e. The Bertz CT molecular complexity index is 644. The first kappa shape index (κ1) is 13.0. The second kappa shape index (κ2) is 5.48. The molecule has 0 aliphatic carbocycles. The van der Waals surface area contributed by atoms with E-state index in [1.807, 2.05) is 31.2 Å². The van der Waals surface area contributed by atoms with Crippen molar-refractivity contribution < 1.29 is 9.90 Å². The highest BCUT2D eigenvalue weighted by Gasteiger charge is 2.07. The Morgan fingerprint density at radius 1 is 1.32 bits per heavy atom. The number of carbonyl (C=O) groups is 1. The zero-order chi connectivity index (χ0) is 13.8. The van der Waals surface area contributed by atoms with Gasteiger partial charge in [0.2, 0.25) is 0 Å². The lowest BCUT2D eigenvalue weighted by Gasteiger charge is -2.03. The summed E-state index contributed by atoms with van der Waals surface area (Å²) in [4.78, 5) is 22.1. The van der Waals surface area contributed by atoms with Gasteiger partial charge in [-0.2, -0.15) is 5.10 Å². The van der Waals surface area contributed by atoms with Crippen LogP contribution >= 0.6 is 0 Å². The molecule has 2 rings (SSSR count). The summed E-state index contributed by atoms with van der Waals surface area (Å²) in [7, 11) is 0. The van der Waals surface area contributed by atoms with Crippen molar-refractivity contribution in [2.75, 3.05) is 0 Å². The molecule has 1 aromatic heterocycles. The first-order chi connectivity index (χ1) is 9.06. The van der Waals surface area contributed by atoms with Crippen LogP contribution in [-0.2, 0) is 11.2 Å². The quantitative estimate of drug-likeness (QED) is 0.875. The van der Waals surface area contributed by atoms with Gasteiger partial charge >= 0.3 is 5.97 Å². The molecule has 0 saturated carbocycles. The standard InChI is InChI=1S/C14H14N2O3/c1-9-2-4-10(5-3-9)12-8-11(6-7-13(17)18)14(19)16-15-12/h2-5,8H,6-7H2,1H3,(H,16,19)(H,17,18). The van der Waals surface area contributed by atoms with Gasteiger partial charge in [0, 0.05) is 17.5 Å². The van der Waals surface area contributed by atoms with Crippen LogP contribution in [0.1, 0.15) is 17.5 Å². The number of H-pyrrole nitrogens is 1. The molecule has 1 heterocycles. The van der Waals surface area contributed by atoms with Crippen LogP contribution in [-0.4, -0.2) is 21.3 Å². The van der Waals surface area contributed by atoms with Gasteiger partial charge in [0.15, 0.2) is 0 Å². The van der Waals surface area contributed by atoms with Crippen LogP contribution in [0.25, 0.3) is 11.3 Å². The Labute approximate surface area is 109 Å². The Morgan fingerprint density at radius 2 is 2.00 bits per heavy atom. The van der Waals surface area contributed by atoms with E-state index in [9.17, 15) is 9.59 Å². The summed E-state index contributed by atoms with van der Waals surface area (Å²) in [6.07, 6.45) is 0.131. The predicted molar refractivity (Wildman–Crippen MR) is 71.0 cm³/mol. The number of carboxylic acid groups (broad SMARTS) is 1. The number of carboxylic acids is 1. The van der Waals surface area contributed by atoms with Crippen molar-refractivity contribution in [2.45, 2.75) is 19.8 Å². The van der Waals surface area contributed by atoms with Gasteiger partial charge in [-0.3, -0.25) is 9.59 Å². The highest BCUT2D eigenvalue weighted by Crippen LogP contribution is 2.17. The van der Waals surface area contributed by atoms with Gasteiger partial charge in [0.1, 0.15) is 0 Å². The fourth-order valence-corrected chi connectivity index (χ4v) is 1.75. The highest BCUT2D eigenvalue weighted by atomic mass is 16.4. The molecule has 2 aromatic rings.